The summed E-state index contributed by atoms with van der Waals surface area (Å²) in [5.74, 6) is -0.447. The molecule has 4 nitrogen and oxygen atoms in total. The third-order valence-electron chi connectivity index (χ3n) is 3.92. The molecule has 0 spiro atoms. The number of carbonyl (C=O) groups is 2. The van der Waals surface area contributed by atoms with Gasteiger partial charge in [-0.3, -0.25) is 4.79 Å². The van der Waals surface area contributed by atoms with Crippen LogP contribution < -0.4 is 0 Å². The van der Waals surface area contributed by atoms with Gasteiger partial charge in [0.05, 0.1) is 18.1 Å². The topological polar surface area (TPSA) is 52.6 Å². The van der Waals surface area contributed by atoms with E-state index in [0.717, 1.165) is 18.4 Å². The van der Waals surface area contributed by atoms with Gasteiger partial charge in [0.2, 0.25) is 0 Å². The van der Waals surface area contributed by atoms with Crippen LogP contribution in [0.15, 0.2) is 30.3 Å². The molecule has 0 bridgehead atoms. The van der Waals surface area contributed by atoms with E-state index in [1.807, 2.05) is 39.8 Å². The first-order valence-corrected chi connectivity index (χ1v) is 8.49. The van der Waals surface area contributed by atoms with Crippen LogP contribution in [0, 0.1) is 5.92 Å². The SMILES string of the molecule is CCOC(=O)[C@@H]1CC=C(c2ccc(C(=O)OC(C)(C)C)cc2)CC1. The highest BCUT2D eigenvalue weighted by Crippen LogP contribution is 2.31. The number of allylic oxidation sites excluding steroid dienone is 2. The molecule has 1 aliphatic rings. The zero-order chi connectivity index (χ0) is 17.7. The van der Waals surface area contributed by atoms with Crippen LogP contribution in [0.4, 0.5) is 0 Å². The Balaban J connectivity index is 2.01. The molecule has 130 valence electrons. The Bertz CT molecular complexity index is 620. The predicted molar refractivity (Wildman–Crippen MR) is 93.6 cm³/mol. The van der Waals surface area contributed by atoms with Crippen LogP contribution in [0.2, 0.25) is 0 Å². The number of rotatable bonds is 4. The van der Waals surface area contributed by atoms with Crippen molar-refractivity contribution in [3.63, 3.8) is 0 Å². The van der Waals surface area contributed by atoms with Crippen molar-refractivity contribution in [1.29, 1.82) is 0 Å². The van der Waals surface area contributed by atoms with Crippen LogP contribution in [-0.2, 0) is 14.3 Å². The molecule has 0 aromatic heterocycles. The summed E-state index contributed by atoms with van der Waals surface area (Å²) >= 11 is 0. The summed E-state index contributed by atoms with van der Waals surface area (Å²) in [5, 5.41) is 0. The van der Waals surface area contributed by atoms with E-state index in [-0.39, 0.29) is 17.9 Å². The molecule has 0 heterocycles. The number of ether oxygens (including phenoxy) is 2. The molecule has 0 saturated carbocycles. The third kappa shape index (κ3) is 4.95. The standard InChI is InChI=1S/C20H26O4/c1-5-23-18(21)16-10-6-14(7-11-16)15-8-12-17(13-9-15)19(22)24-20(2,3)4/h6,8-9,12-13,16H,5,7,10-11H2,1-4H3/t16-/m1/s1. The van der Waals surface area contributed by atoms with Crippen molar-refractivity contribution < 1.29 is 19.1 Å². The molecule has 0 N–H and O–H groups in total. The molecule has 2 rings (SSSR count). The van der Waals surface area contributed by atoms with Crippen LogP contribution in [0.5, 0.6) is 0 Å². The summed E-state index contributed by atoms with van der Waals surface area (Å²) in [6.07, 6.45) is 4.46. The summed E-state index contributed by atoms with van der Waals surface area (Å²) in [6.45, 7) is 7.82. The lowest BCUT2D eigenvalue weighted by atomic mass is 9.86. The number of esters is 2. The molecule has 0 aliphatic heterocycles. The van der Waals surface area contributed by atoms with Crippen LogP contribution in [0.25, 0.3) is 5.57 Å². The van der Waals surface area contributed by atoms with Crippen LogP contribution in [-0.4, -0.2) is 24.1 Å². The summed E-state index contributed by atoms with van der Waals surface area (Å²) in [7, 11) is 0. The van der Waals surface area contributed by atoms with E-state index in [4.69, 9.17) is 9.47 Å². The Hall–Kier alpha value is -2.10. The van der Waals surface area contributed by atoms with Gasteiger partial charge >= 0.3 is 11.9 Å². The fraction of sp³-hybridized carbons (Fsp3) is 0.500. The summed E-state index contributed by atoms with van der Waals surface area (Å²) in [4.78, 5) is 23.8. The Kier molecular flexibility index (Phi) is 5.81. The van der Waals surface area contributed by atoms with Gasteiger partial charge in [-0.25, -0.2) is 4.79 Å². The van der Waals surface area contributed by atoms with Crippen molar-refractivity contribution in [2.75, 3.05) is 6.61 Å². The van der Waals surface area contributed by atoms with E-state index in [9.17, 15) is 9.59 Å². The molecule has 1 atom stereocenters. The lowest BCUT2D eigenvalue weighted by Gasteiger charge is -2.21. The third-order valence-corrected chi connectivity index (χ3v) is 3.92. The van der Waals surface area contributed by atoms with Gasteiger partial charge in [0.1, 0.15) is 5.60 Å². The van der Waals surface area contributed by atoms with Crippen molar-refractivity contribution >= 4 is 17.5 Å². The fourth-order valence-corrected chi connectivity index (χ4v) is 2.73. The first-order valence-electron chi connectivity index (χ1n) is 8.49. The first-order chi connectivity index (χ1) is 11.3. The van der Waals surface area contributed by atoms with Crippen molar-refractivity contribution in [2.24, 2.45) is 5.92 Å². The molecular formula is C20H26O4. The molecule has 24 heavy (non-hydrogen) atoms. The largest absolute Gasteiger partial charge is 0.466 e. The second kappa shape index (κ2) is 7.65. The second-order valence-electron chi connectivity index (χ2n) is 7.03. The van der Waals surface area contributed by atoms with E-state index in [2.05, 4.69) is 6.08 Å². The van der Waals surface area contributed by atoms with Crippen LogP contribution >= 0.6 is 0 Å². The van der Waals surface area contributed by atoms with E-state index in [1.54, 1.807) is 12.1 Å². The highest BCUT2D eigenvalue weighted by atomic mass is 16.6. The maximum Gasteiger partial charge on any atom is 0.338 e. The molecule has 0 radical (unpaired) electrons. The first kappa shape index (κ1) is 18.2. The molecule has 1 aromatic carbocycles. The highest BCUT2D eigenvalue weighted by molar-refractivity contribution is 5.90. The van der Waals surface area contributed by atoms with Gasteiger partial charge in [0, 0.05) is 0 Å². The van der Waals surface area contributed by atoms with Gasteiger partial charge in [-0.1, -0.05) is 18.2 Å². The Morgan fingerprint density at radius 2 is 1.83 bits per heavy atom. The molecule has 0 unspecified atom stereocenters. The minimum absolute atomic E-state index is 0.0327. The summed E-state index contributed by atoms with van der Waals surface area (Å²) in [6, 6.07) is 7.47. The Morgan fingerprint density at radius 1 is 1.17 bits per heavy atom. The number of carbonyl (C=O) groups excluding carboxylic acids is 2. The molecule has 0 fully saturated rings. The van der Waals surface area contributed by atoms with Gasteiger partial charge in [-0.2, -0.15) is 0 Å². The minimum Gasteiger partial charge on any atom is -0.466 e. The van der Waals surface area contributed by atoms with E-state index >= 15 is 0 Å². The van der Waals surface area contributed by atoms with E-state index in [0.29, 0.717) is 18.6 Å². The van der Waals surface area contributed by atoms with Gasteiger partial charge in [0.25, 0.3) is 0 Å². The second-order valence-corrected chi connectivity index (χ2v) is 7.03. The van der Waals surface area contributed by atoms with Crippen molar-refractivity contribution in [3.8, 4) is 0 Å². The lowest BCUT2D eigenvalue weighted by Crippen LogP contribution is -2.23. The maximum atomic E-state index is 12.0. The molecule has 1 aliphatic carbocycles. The molecule has 1 aromatic rings. The lowest BCUT2D eigenvalue weighted by molar-refractivity contribution is -0.148. The number of hydrogen-bond donors (Lipinski definition) is 0. The predicted octanol–water partition coefficient (Wildman–Crippen LogP) is 4.39. The van der Waals surface area contributed by atoms with Crippen molar-refractivity contribution in [1.82, 2.24) is 0 Å². The summed E-state index contributed by atoms with van der Waals surface area (Å²) in [5.41, 5.74) is 2.36. The van der Waals surface area contributed by atoms with Crippen LogP contribution in [0.1, 0.15) is 62.9 Å². The average Bonchev–Trinajstić information content (AvgIpc) is 2.54. The summed E-state index contributed by atoms with van der Waals surface area (Å²) < 4.78 is 10.5. The molecular weight excluding hydrogens is 304 g/mol. The number of hydrogen-bond acceptors (Lipinski definition) is 4. The van der Waals surface area contributed by atoms with Crippen LogP contribution in [0.3, 0.4) is 0 Å². The Labute approximate surface area is 143 Å². The van der Waals surface area contributed by atoms with E-state index in [1.165, 1.54) is 5.57 Å². The van der Waals surface area contributed by atoms with Gasteiger partial charge in [0.15, 0.2) is 0 Å². The normalized spacial score (nSPS) is 17.8. The van der Waals surface area contributed by atoms with E-state index < -0.39 is 5.60 Å². The Morgan fingerprint density at radius 3 is 2.33 bits per heavy atom. The quantitative estimate of drug-likeness (QED) is 0.768. The minimum atomic E-state index is -0.496. The van der Waals surface area contributed by atoms with Crippen molar-refractivity contribution in [3.05, 3.63) is 41.5 Å². The zero-order valence-corrected chi connectivity index (χ0v) is 14.9. The molecule has 0 saturated heterocycles. The smallest absolute Gasteiger partial charge is 0.338 e. The van der Waals surface area contributed by atoms with Gasteiger partial charge < -0.3 is 9.47 Å². The number of benzene rings is 1. The molecule has 4 heteroatoms. The highest BCUT2D eigenvalue weighted by Gasteiger charge is 2.23. The zero-order valence-electron chi connectivity index (χ0n) is 14.9. The van der Waals surface area contributed by atoms with Crippen molar-refractivity contribution in [2.45, 2.75) is 52.6 Å². The average molecular weight is 330 g/mol. The fourth-order valence-electron chi connectivity index (χ4n) is 2.73. The monoisotopic (exact) mass is 330 g/mol. The van der Waals surface area contributed by atoms with Gasteiger partial charge in [-0.05, 0) is 70.2 Å². The molecule has 0 amide bonds. The van der Waals surface area contributed by atoms with Gasteiger partial charge in [-0.15, -0.1) is 0 Å². The maximum absolute atomic E-state index is 12.0.